The third-order valence-corrected chi connectivity index (χ3v) is 6.18. The number of ether oxygens (including phenoxy) is 1. The van der Waals surface area contributed by atoms with Crippen LogP contribution in [0.5, 0.6) is 5.75 Å². The Hall–Kier alpha value is -3.30. The van der Waals surface area contributed by atoms with Crippen LogP contribution in [-0.2, 0) is 22.6 Å². The molecule has 0 aliphatic rings. The van der Waals surface area contributed by atoms with Gasteiger partial charge in [-0.3, -0.25) is 9.59 Å². The number of aryl methyl sites for hydroxylation is 2. The van der Waals surface area contributed by atoms with Crippen LogP contribution in [0.2, 0.25) is 5.02 Å². The number of aromatic nitrogens is 3. The lowest BCUT2D eigenvalue weighted by Gasteiger charge is -2.11. The zero-order chi connectivity index (χ0) is 24.7. The van der Waals surface area contributed by atoms with Crippen LogP contribution in [0.1, 0.15) is 17.0 Å². The first-order valence-electron chi connectivity index (χ1n) is 10.5. The zero-order valence-electron chi connectivity index (χ0n) is 19.2. The summed E-state index contributed by atoms with van der Waals surface area (Å²) in [5.41, 5.74) is 3.46. The average Bonchev–Trinajstić information content (AvgIpc) is 3.16. The molecule has 0 aliphatic heterocycles. The molecule has 3 aromatic rings. The van der Waals surface area contributed by atoms with Gasteiger partial charge in [0, 0.05) is 17.3 Å². The number of amides is 2. The summed E-state index contributed by atoms with van der Waals surface area (Å²) in [5, 5.41) is 15.0. The Labute approximate surface area is 207 Å². The number of benzene rings is 2. The number of carbonyl (C=O) groups excluding carboxylic acids is 2. The molecule has 0 bridgehead atoms. The molecule has 0 saturated heterocycles. The van der Waals surface area contributed by atoms with E-state index in [1.165, 1.54) is 18.9 Å². The second-order valence-electron chi connectivity index (χ2n) is 7.50. The molecule has 1 heterocycles. The standard InChI is InChI=1S/C24H26ClN5O3S/c1-5-10-30-21(13-22(31)26-18-8-6-15(2)16(3)11-18)28-29-24(30)34-14-23(32)27-19-12-17(25)7-9-20(19)33-4/h5-9,11-12H,1,10,13-14H2,2-4H3,(H,26,31)(H,27,32). The zero-order valence-corrected chi connectivity index (χ0v) is 20.8. The molecule has 2 aromatic carbocycles. The predicted octanol–water partition coefficient (Wildman–Crippen LogP) is 4.65. The van der Waals surface area contributed by atoms with E-state index in [0.29, 0.717) is 34.0 Å². The van der Waals surface area contributed by atoms with Crippen LogP contribution in [-0.4, -0.2) is 39.4 Å². The van der Waals surface area contributed by atoms with Gasteiger partial charge in [0.1, 0.15) is 11.6 Å². The van der Waals surface area contributed by atoms with E-state index in [1.54, 1.807) is 28.8 Å². The molecule has 0 unspecified atom stereocenters. The van der Waals surface area contributed by atoms with Crippen molar-refractivity contribution >= 4 is 46.6 Å². The van der Waals surface area contributed by atoms with Gasteiger partial charge in [0.15, 0.2) is 5.16 Å². The maximum atomic E-state index is 12.6. The third-order valence-electron chi connectivity index (χ3n) is 4.98. The molecule has 0 atom stereocenters. The Kier molecular flexibility index (Phi) is 8.72. The summed E-state index contributed by atoms with van der Waals surface area (Å²) in [6.45, 7) is 8.19. The number of nitrogens with one attached hydrogen (secondary N) is 2. The predicted molar refractivity (Wildman–Crippen MR) is 136 cm³/mol. The molecular formula is C24H26ClN5O3S. The highest BCUT2D eigenvalue weighted by molar-refractivity contribution is 7.99. The SMILES string of the molecule is C=CCn1c(CC(=O)Nc2ccc(C)c(C)c2)nnc1SCC(=O)Nc1cc(Cl)ccc1OC. The Morgan fingerprint density at radius 3 is 2.62 bits per heavy atom. The second kappa shape index (κ2) is 11.7. The van der Waals surface area contributed by atoms with Crippen LogP contribution in [0.4, 0.5) is 11.4 Å². The number of hydrogen-bond acceptors (Lipinski definition) is 6. The fraction of sp³-hybridized carbons (Fsp3) is 0.250. The number of rotatable bonds is 10. The van der Waals surface area contributed by atoms with Gasteiger partial charge < -0.3 is 19.9 Å². The summed E-state index contributed by atoms with van der Waals surface area (Å²) in [6.07, 6.45) is 1.73. The summed E-state index contributed by atoms with van der Waals surface area (Å²) in [7, 11) is 1.52. The fourth-order valence-corrected chi connectivity index (χ4v) is 4.07. The van der Waals surface area contributed by atoms with Crippen molar-refractivity contribution in [1.29, 1.82) is 0 Å². The number of halogens is 1. The number of methoxy groups -OCH3 is 1. The number of thioether (sulfide) groups is 1. The van der Waals surface area contributed by atoms with Crippen LogP contribution < -0.4 is 15.4 Å². The summed E-state index contributed by atoms with van der Waals surface area (Å²) in [5.74, 6) is 0.617. The summed E-state index contributed by atoms with van der Waals surface area (Å²) in [6, 6.07) is 10.7. The Bertz CT molecular complexity index is 1210. The number of anilines is 2. The van der Waals surface area contributed by atoms with Gasteiger partial charge in [0.25, 0.3) is 0 Å². The molecular weight excluding hydrogens is 474 g/mol. The van der Waals surface area contributed by atoms with E-state index in [9.17, 15) is 9.59 Å². The summed E-state index contributed by atoms with van der Waals surface area (Å²) in [4.78, 5) is 25.1. The second-order valence-corrected chi connectivity index (χ2v) is 8.88. The average molecular weight is 500 g/mol. The van der Waals surface area contributed by atoms with E-state index in [-0.39, 0.29) is 24.0 Å². The van der Waals surface area contributed by atoms with Crippen LogP contribution in [0.25, 0.3) is 0 Å². The lowest BCUT2D eigenvalue weighted by Crippen LogP contribution is -2.18. The van der Waals surface area contributed by atoms with Crippen LogP contribution >= 0.6 is 23.4 Å². The first-order chi connectivity index (χ1) is 16.3. The molecule has 3 rings (SSSR count). The number of carbonyl (C=O) groups is 2. The monoisotopic (exact) mass is 499 g/mol. The Morgan fingerprint density at radius 1 is 1.12 bits per heavy atom. The van der Waals surface area contributed by atoms with Crippen molar-refractivity contribution in [1.82, 2.24) is 14.8 Å². The maximum absolute atomic E-state index is 12.6. The van der Waals surface area contributed by atoms with Crippen molar-refractivity contribution < 1.29 is 14.3 Å². The molecule has 2 N–H and O–H groups in total. The third kappa shape index (κ3) is 6.61. The quantitative estimate of drug-likeness (QED) is 0.311. The van der Waals surface area contributed by atoms with Gasteiger partial charge in [-0.1, -0.05) is 35.5 Å². The van der Waals surface area contributed by atoms with E-state index in [2.05, 4.69) is 27.4 Å². The molecule has 0 fully saturated rings. The van der Waals surface area contributed by atoms with Gasteiger partial charge in [0.05, 0.1) is 25.0 Å². The van der Waals surface area contributed by atoms with Crippen molar-refractivity contribution in [3.8, 4) is 5.75 Å². The maximum Gasteiger partial charge on any atom is 0.234 e. The van der Waals surface area contributed by atoms with Gasteiger partial charge in [-0.15, -0.1) is 16.8 Å². The fourth-order valence-electron chi connectivity index (χ4n) is 3.13. The lowest BCUT2D eigenvalue weighted by molar-refractivity contribution is -0.116. The Morgan fingerprint density at radius 2 is 1.91 bits per heavy atom. The minimum atomic E-state index is -0.257. The highest BCUT2D eigenvalue weighted by Crippen LogP contribution is 2.28. The molecule has 2 amide bonds. The van der Waals surface area contributed by atoms with E-state index < -0.39 is 0 Å². The molecule has 178 valence electrons. The van der Waals surface area contributed by atoms with Crippen molar-refractivity contribution in [3.63, 3.8) is 0 Å². The smallest absolute Gasteiger partial charge is 0.234 e. The molecule has 0 aliphatic carbocycles. The molecule has 1 aromatic heterocycles. The highest BCUT2D eigenvalue weighted by Gasteiger charge is 2.17. The first kappa shape index (κ1) is 25.3. The van der Waals surface area contributed by atoms with Crippen molar-refractivity contribution in [3.05, 3.63) is 71.0 Å². The van der Waals surface area contributed by atoms with Crippen LogP contribution in [0.3, 0.4) is 0 Å². The molecule has 34 heavy (non-hydrogen) atoms. The van der Waals surface area contributed by atoms with Crippen LogP contribution in [0.15, 0.2) is 54.2 Å². The number of hydrogen-bond donors (Lipinski definition) is 2. The molecule has 0 radical (unpaired) electrons. The largest absolute Gasteiger partial charge is 0.495 e. The number of allylic oxidation sites excluding steroid dienone is 1. The van der Waals surface area contributed by atoms with Gasteiger partial charge in [-0.25, -0.2) is 0 Å². The van der Waals surface area contributed by atoms with Gasteiger partial charge >= 0.3 is 0 Å². The topological polar surface area (TPSA) is 98.1 Å². The molecule has 10 heteroatoms. The normalized spacial score (nSPS) is 10.6. The summed E-state index contributed by atoms with van der Waals surface area (Å²) < 4.78 is 7.02. The molecule has 8 nitrogen and oxygen atoms in total. The highest BCUT2D eigenvalue weighted by atomic mass is 35.5. The minimum Gasteiger partial charge on any atom is -0.495 e. The van der Waals surface area contributed by atoms with Crippen molar-refractivity contribution in [2.75, 3.05) is 23.5 Å². The van der Waals surface area contributed by atoms with Crippen molar-refractivity contribution in [2.24, 2.45) is 0 Å². The van der Waals surface area contributed by atoms with E-state index in [4.69, 9.17) is 16.3 Å². The van der Waals surface area contributed by atoms with Gasteiger partial charge in [-0.05, 0) is 55.3 Å². The van der Waals surface area contributed by atoms with E-state index >= 15 is 0 Å². The van der Waals surface area contributed by atoms with Crippen LogP contribution in [0, 0.1) is 13.8 Å². The first-order valence-corrected chi connectivity index (χ1v) is 11.8. The van der Waals surface area contributed by atoms with E-state index in [0.717, 1.165) is 16.8 Å². The lowest BCUT2D eigenvalue weighted by atomic mass is 10.1. The minimum absolute atomic E-state index is 0.0419. The van der Waals surface area contributed by atoms with Gasteiger partial charge in [0.2, 0.25) is 11.8 Å². The molecule has 0 saturated carbocycles. The summed E-state index contributed by atoms with van der Waals surface area (Å²) >= 11 is 7.23. The molecule has 0 spiro atoms. The van der Waals surface area contributed by atoms with E-state index in [1.807, 2.05) is 32.0 Å². The van der Waals surface area contributed by atoms with Gasteiger partial charge in [-0.2, -0.15) is 0 Å². The number of nitrogens with zero attached hydrogens (tertiary/aromatic N) is 3. The van der Waals surface area contributed by atoms with Crippen molar-refractivity contribution in [2.45, 2.75) is 32.0 Å². The Balaban J connectivity index is 1.64.